The lowest BCUT2D eigenvalue weighted by Gasteiger charge is -2.03. The molecule has 0 radical (unpaired) electrons. The van der Waals surface area contributed by atoms with E-state index >= 15 is 0 Å². The smallest absolute Gasteiger partial charge is 0.320 e. The number of hydrogen-bond donors (Lipinski definition) is 2. The SMILES string of the molecule is Cc1cc(NC(=O)NCc2csc(Br)c2)no1. The van der Waals surface area contributed by atoms with Crippen LogP contribution in [0.5, 0.6) is 0 Å². The Morgan fingerprint density at radius 2 is 2.41 bits per heavy atom. The maximum atomic E-state index is 11.5. The second kappa shape index (κ2) is 5.33. The minimum absolute atomic E-state index is 0.305. The molecule has 2 N–H and O–H groups in total. The highest BCUT2D eigenvalue weighted by Gasteiger charge is 2.05. The minimum atomic E-state index is -0.305. The zero-order valence-electron chi connectivity index (χ0n) is 8.99. The van der Waals surface area contributed by atoms with Crippen molar-refractivity contribution in [3.63, 3.8) is 0 Å². The third kappa shape index (κ3) is 3.57. The van der Waals surface area contributed by atoms with E-state index in [0.29, 0.717) is 18.1 Å². The monoisotopic (exact) mass is 315 g/mol. The highest BCUT2D eigenvalue weighted by atomic mass is 79.9. The highest BCUT2D eigenvalue weighted by Crippen LogP contribution is 2.20. The van der Waals surface area contributed by atoms with Gasteiger partial charge in [-0.15, -0.1) is 11.3 Å². The topological polar surface area (TPSA) is 67.2 Å². The van der Waals surface area contributed by atoms with E-state index in [1.54, 1.807) is 24.3 Å². The van der Waals surface area contributed by atoms with Gasteiger partial charge >= 0.3 is 6.03 Å². The van der Waals surface area contributed by atoms with Crippen LogP contribution in [0, 0.1) is 6.92 Å². The van der Waals surface area contributed by atoms with Crippen LogP contribution >= 0.6 is 27.3 Å². The van der Waals surface area contributed by atoms with Gasteiger partial charge in [-0.25, -0.2) is 4.79 Å². The molecule has 90 valence electrons. The molecule has 2 aromatic rings. The molecule has 0 fully saturated rings. The molecule has 7 heteroatoms. The van der Waals surface area contributed by atoms with E-state index in [1.807, 2.05) is 11.4 Å². The van der Waals surface area contributed by atoms with Crippen molar-refractivity contribution in [3.05, 3.63) is 32.6 Å². The highest BCUT2D eigenvalue weighted by molar-refractivity contribution is 9.11. The number of halogens is 1. The van der Waals surface area contributed by atoms with Gasteiger partial charge < -0.3 is 9.84 Å². The molecule has 0 aliphatic heterocycles. The Balaban J connectivity index is 1.82. The quantitative estimate of drug-likeness (QED) is 0.914. The molecular weight excluding hydrogens is 306 g/mol. The first kappa shape index (κ1) is 12.1. The lowest BCUT2D eigenvalue weighted by Crippen LogP contribution is -2.28. The number of nitrogens with one attached hydrogen (secondary N) is 2. The summed E-state index contributed by atoms with van der Waals surface area (Å²) in [5.41, 5.74) is 1.05. The van der Waals surface area contributed by atoms with Crippen molar-refractivity contribution >= 4 is 39.1 Å². The van der Waals surface area contributed by atoms with Gasteiger partial charge in [0, 0.05) is 12.6 Å². The van der Waals surface area contributed by atoms with Gasteiger partial charge in [-0.3, -0.25) is 5.32 Å². The number of carbonyl (C=O) groups is 1. The zero-order chi connectivity index (χ0) is 12.3. The van der Waals surface area contributed by atoms with Crippen LogP contribution in [0.25, 0.3) is 0 Å². The van der Waals surface area contributed by atoms with Crippen LogP contribution < -0.4 is 10.6 Å². The van der Waals surface area contributed by atoms with Gasteiger partial charge in [-0.05, 0) is 39.9 Å². The predicted molar refractivity (Wildman–Crippen MR) is 69.1 cm³/mol. The maximum Gasteiger partial charge on any atom is 0.320 e. The average molecular weight is 316 g/mol. The molecule has 2 rings (SSSR count). The van der Waals surface area contributed by atoms with Gasteiger partial charge in [0.2, 0.25) is 0 Å². The summed E-state index contributed by atoms with van der Waals surface area (Å²) in [5, 5.41) is 10.9. The van der Waals surface area contributed by atoms with Crippen LogP contribution in [0.2, 0.25) is 0 Å². The van der Waals surface area contributed by atoms with Gasteiger partial charge in [0.05, 0.1) is 3.79 Å². The summed E-state index contributed by atoms with van der Waals surface area (Å²) < 4.78 is 5.88. The number of anilines is 1. The largest absolute Gasteiger partial charge is 0.360 e. The number of nitrogens with zero attached hydrogens (tertiary/aromatic N) is 1. The van der Waals surface area contributed by atoms with Gasteiger partial charge in [0.15, 0.2) is 5.82 Å². The molecule has 0 aliphatic carbocycles. The Hall–Kier alpha value is -1.34. The van der Waals surface area contributed by atoms with Crippen molar-refractivity contribution in [3.8, 4) is 0 Å². The number of thiophene rings is 1. The van der Waals surface area contributed by atoms with Crippen LogP contribution in [0.3, 0.4) is 0 Å². The molecule has 0 saturated heterocycles. The van der Waals surface area contributed by atoms with Crippen LogP contribution in [0.15, 0.2) is 25.8 Å². The second-order valence-corrected chi connectivity index (χ2v) is 5.68. The van der Waals surface area contributed by atoms with E-state index in [1.165, 1.54) is 0 Å². The lowest BCUT2D eigenvalue weighted by atomic mass is 10.3. The molecule has 0 aliphatic rings. The summed E-state index contributed by atoms with van der Waals surface area (Å²) >= 11 is 4.94. The van der Waals surface area contributed by atoms with Crippen molar-refractivity contribution in [2.75, 3.05) is 5.32 Å². The lowest BCUT2D eigenvalue weighted by molar-refractivity contribution is 0.251. The van der Waals surface area contributed by atoms with E-state index in [-0.39, 0.29) is 6.03 Å². The van der Waals surface area contributed by atoms with E-state index in [9.17, 15) is 4.79 Å². The van der Waals surface area contributed by atoms with E-state index < -0.39 is 0 Å². The molecule has 2 amide bonds. The van der Waals surface area contributed by atoms with Crippen molar-refractivity contribution in [1.82, 2.24) is 10.5 Å². The van der Waals surface area contributed by atoms with Crippen LogP contribution in [-0.2, 0) is 6.54 Å². The Morgan fingerprint density at radius 3 is 3.00 bits per heavy atom. The standard InChI is InChI=1S/C10H10BrN3O2S/c1-6-2-9(14-16-6)13-10(15)12-4-7-3-8(11)17-5-7/h2-3,5H,4H2,1H3,(H2,12,13,14,15). The van der Waals surface area contributed by atoms with Crippen molar-refractivity contribution in [2.45, 2.75) is 13.5 Å². The van der Waals surface area contributed by atoms with E-state index in [4.69, 9.17) is 4.52 Å². The van der Waals surface area contributed by atoms with Crippen molar-refractivity contribution in [2.24, 2.45) is 0 Å². The molecule has 2 aromatic heterocycles. The van der Waals surface area contributed by atoms with Gasteiger partial charge in [0.1, 0.15) is 5.76 Å². The fourth-order valence-corrected chi connectivity index (χ4v) is 2.42. The number of rotatable bonds is 3. The summed E-state index contributed by atoms with van der Waals surface area (Å²) in [6.07, 6.45) is 0. The zero-order valence-corrected chi connectivity index (χ0v) is 11.4. The molecule has 0 saturated carbocycles. The van der Waals surface area contributed by atoms with Gasteiger partial charge in [-0.1, -0.05) is 5.16 Å². The Bertz CT molecular complexity index is 523. The number of urea groups is 1. The first-order chi connectivity index (χ1) is 8.13. The normalized spacial score (nSPS) is 10.2. The first-order valence-electron chi connectivity index (χ1n) is 4.84. The van der Waals surface area contributed by atoms with Crippen LogP contribution in [0.1, 0.15) is 11.3 Å². The fourth-order valence-electron chi connectivity index (χ4n) is 1.21. The average Bonchev–Trinajstić information content (AvgIpc) is 2.85. The van der Waals surface area contributed by atoms with Crippen molar-refractivity contribution < 1.29 is 9.32 Å². The number of aromatic nitrogens is 1. The van der Waals surface area contributed by atoms with Gasteiger partial charge in [0.25, 0.3) is 0 Å². The molecule has 0 unspecified atom stereocenters. The van der Waals surface area contributed by atoms with E-state index in [0.717, 1.165) is 9.35 Å². The summed E-state index contributed by atoms with van der Waals surface area (Å²) in [6, 6.07) is 3.31. The fraction of sp³-hybridized carbons (Fsp3) is 0.200. The number of aryl methyl sites for hydroxylation is 1. The first-order valence-corrected chi connectivity index (χ1v) is 6.52. The summed E-state index contributed by atoms with van der Waals surface area (Å²) in [5.74, 6) is 1.06. The second-order valence-electron chi connectivity index (χ2n) is 3.39. The molecule has 5 nitrogen and oxygen atoms in total. The molecule has 0 aromatic carbocycles. The summed E-state index contributed by atoms with van der Waals surface area (Å²) in [7, 11) is 0. The molecule has 0 spiro atoms. The molecular formula is C10H10BrN3O2S. The van der Waals surface area contributed by atoms with Crippen molar-refractivity contribution in [1.29, 1.82) is 0 Å². The Labute approximate surface area is 110 Å². The summed E-state index contributed by atoms with van der Waals surface area (Å²) in [4.78, 5) is 11.5. The van der Waals surface area contributed by atoms with Gasteiger partial charge in [-0.2, -0.15) is 0 Å². The minimum Gasteiger partial charge on any atom is -0.360 e. The molecule has 0 atom stereocenters. The predicted octanol–water partition coefficient (Wildman–Crippen LogP) is 3.13. The summed E-state index contributed by atoms with van der Waals surface area (Å²) in [6.45, 7) is 2.24. The Kier molecular flexibility index (Phi) is 3.80. The Morgan fingerprint density at radius 1 is 1.59 bits per heavy atom. The third-order valence-electron chi connectivity index (χ3n) is 1.94. The van der Waals surface area contributed by atoms with Crippen LogP contribution in [-0.4, -0.2) is 11.2 Å². The number of hydrogen-bond acceptors (Lipinski definition) is 4. The number of amides is 2. The molecule has 0 bridgehead atoms. The number of carbonyl (C=O) groups excluding carboxylic acids is 1. The maximum absolute atomic E-state index is 11.5. The van der Waals surface area contributed by atoms with E-state index in [2.05, 4.69) is 31.7 Å². The third-order valence-corrected chi connectivity index (χ3v) is 3.50. The molecule has 17 heavy (non-hydrogen) atoms. The van der Waals surface area contributed by atoms with Crippen LogP contribution in [0.4, 0.5) is 10.6 Å². The molecule has 2 heterocycles.